The highest BCUT2D eigenvalue weighted by atomic mass is 16.5. The van der Waals surface area contributed by atoms with E-state index in [0.717, 1.165) is 45.2 Å². The van der Waals surface area contributed by atoms with Gasteiger partial charge >= 0.3 is 6.03 Å². The van der Waals surface area contributed by atoms with Crippen LogP contribution >= 0.6 is 0 Å². The highest BCUT2D eigenvalue weighted by molar-refractivity contribution is 5.74. The van der Waals surface area contributed by atoms with Gasteiger partial charge in [-0.15, -0.1) is 0 Å². The first-order valence-electron chi connectivity index (χ1n) is 11.3. The number of nitrogens with zero attached hydrogens (tertiary/aromatic N) is 4. The number of ether oxygens (including phenoxy) is 1. The fraction of sp³-hybridized carbons (Fsp3) is 0.583. The number of nitrogens with one attached hydrogen (secondary N) is 1. The first kappa shape index (κ1) is 23.3. The third kappa shape index (κ3) is 6.55. The average Bonchev–Trinajstić information content (AvgIpc) is 3.14. The SMILES string of the molecule is Cc1cc(C)c(Cn2ccnc2CN(CCN2CCOCC2)C(=O)NC(C)C)c(C)c1. The first-order chi connectivity index (χ1) is 14.8. The molecule has 1 aliphatic heterocycles. The Hall–Kier alpha value is -2.38. The zero-order chi connectivity index (χ0) is 22.4. The van der Waals surface area contributed by atoms with E-state index in [1.807, 2.05) is 31.1 Å². The maximum absolute atomic E-state index is 12.9. The Morgan fingerprint density at radius 3 is 2.52 bits per heavy atom. The van der Waals surface area contributed by atoms with Crippen molar-refractivity contribution in [3.63, 3.8) is 0 Å². The van der Waals surface area contributed by atoms with E-state index in [1.54, 1.807) is 0 Å². The molecular weight excluding hydrogens is 390 g/mol. The molecule has 0 spiro atoms. The molecule has 170 valence electrons. The Morgan fingerprint density at radius 1 is 1.19 bits per heavy atom. The quantitative estimate of drug-likeness (QED) is 0.703. The molecule has 2 aromatic rings. The summed E-state index contributed by atoms with van der Waals surface area (Å²) < 4.78 is 7.60. The van der Waals surface area contributed by atoms with Crippen molar-refractivity contribution in [1.29, 1.82) is 0 Å². The van der Waals surface area contributed by atoms with E-state index in [4.69, 9.17) is 4.74 Å². The van der Waals surface area contributed by atoms with E-state index in [2.05, 4.69) is 52.7 Å². The summed E-state index contributed by atoms with van der Waals surface area (Å²) in [5, 5.41) is 3.04. The molecular formula is C24H37N5O2. The molecule has 1 N–H and O–H groups in total. The van der Waals surface area contributed by atoms with Crippen LogP contribution in [0.4, 0.5) is 4.79 Å². The molecule has 2 amide bonds. The van der Waals surface area contributed by atoms with Gasteiger partial charge in [-0.25, -0.2) is 9.78 Å². The number of hydrogen-bond acceptors (Lipinski definition) is 4. The van der Waals surface area contributed by atoms with E-state index in [0.29, 0.717) is 13.1 Å². The van der Waals surface area contributed by atoms with Gasteiger partial charge < -0.3 is 19.5 Å². The number of benzene rings is 1. The molecule has 0 unspecified atom stereocenters. The second kappa shape index (κ2) is 10.8. The Labute approximate surface area is 186 Å². The number of amides is 2. The van der Waals surface area contributed by atoms with E-state index < -0.39 is 0 Å². The molecule has 1 aromatic heterocycles. The van der Waals surface area contributed by atoms with Crippen LogP contribution in [0.15, 0.2) is 24.5 Å². The Bertz CT molecular complexity index is 848. The maximum Gasteiger partial charge on any atom is 0.318 e. The van der Waals surface area contributed by atoms with Crippen LogP contribution in [-0.4, -0.2) is 70.8 Å². The van der Waals surface area contributed by atoms with E-state index >= 15 is 0 Å². The number of rotatable bonds is 8. The van der Waals surface area contributed by atoms with Crippen molar-refractivity contribution >= 4 is 6.03 Å². The lowest BCUT2D eigenvalue weighted by Crippen LogP contribution is -2.47. The average molecular weight is 428 g/mol. The molecule has 0 aliphatic carbocycles. The highest BCUT2D eigenvalue weighted by Gasteiger charge is 2.20. The van der Waals surface area contributed by atoms with Crippen LogP contribution in [0, 0.1) is 20.8 Å². The number of carbonyl (C=O) groups excluding carboxylic acids is 1. The minimum atomic E-state index is -0.0412. The molecule has 31 heavy (non-hydrogen) atoms. The molecule has 1 saturated heterocycles. The van der Waals surface area contributed by atoms with Crippen molar-refractivity contribution in [3.8, 4) is 0 Å². The summed E-state index contributed by atoms with van der Waals surface area (Å²) in [6, 6.07) is 4.50. The van der Waals surface area contributed by atoms with Gasteiger partial charge in [-0.05, 0) is 51.3 Å². The van der Waals surface area contributed by atoms with Crippen molar-refractivity contribution in [1.82, 2.24) is 24.7 Å². The molecule has 7 heteroatoms. The van der Waals surface area contributed by atoms with Gasteiger partial charge in [0.05, 0.1) is 19.8 Å². The lowest BCUT2D eigenvalue weighted by molar-refractivity contribution is 0.0345. The smallest absolute Gasteiger partial charge is 0.318 e. The molecule has 7 nitrogen and oxygen atoms in total. The number of aryl methyl sites for hydroxylation is 3. The summed E-state index contributed by atoms with van der Waals surface area (Å²) >= 11 is 0. The fourth-order valence-corrected chi connectivity index (χ4v) is 4.11. The van der Waals surface area contributed by atoms with Gasteiger partial charge in [0.25, 0.3) is 0 Å². The van der Waals surface area contributed by atoms with Crippen molar-refractivity contribution < 1.29 is 9.53 Å². The summed E-state index contributed by atoms with van der Waals surface area (Å²) in [4.78, 5) is 21.7. The molecule has 2 heterocycles. The monoisotopic (exact) mass is 427 g/mol. The van der Waals surface area contributed by atoms with Crippen molar-refractivity contribution in [2.45, 2.75) is 53.8 Å². The summed E-state index contributed by atoms with van der Waals surface area (Å²) in [6.07, 6.45) is 3.84. The standard InChI is InChI=1S/C24H37N5O2/c1-18(2)26-24(30)29(9-8-27-10-12-31-13-11-27)17-23-25-6-7-28(23)16-22-20(4)14-19(3)15-21(22)5/h6-7,14-15,18H,8-13,16-17H2,1-5H3,(H,26,30). The normalized spacial score (nSPS) is 14.8. The molecule has 1 fully saturated rings. The van der Waals surface area contributed by atoms with E-state index in [1.165, 1.54) is 22.3 Å². The van der Waals surface area contributed by atoms with Crippen LogP contribution in [0.2, 0.25) is 0 Å². The molecule has 0 radical (unpaired) electrons. The number of morpholine rings is 1. The number of carbonyl (C=O) groups is 1. The molecule has 0 atom stereocenters. The van der Waals surface area contributed by atoms with E-state index in [-0.39, 0.29) is 12.1 Å². The molecule has 0 bridgehead atoms. The molecule has 1 aliphatic rings. The summed E-state index contributed by atoms with van der Waals surface area (Å²) in [7, 11) is 0. The van der Waals surface area contributed by atoms with Crippen LogP contribution < -0.4 is 5.32 Å². The molecule has 0 saturated carbocycles. The van der Waals surface area contributed by atoms with Gasteiger partial charge in [-0.3, -0.25) is 4.90 Å². The third-order valence-corrected chi connectivity index (χ3v) is 5.79. The third-order valence-electron chi connectivity index (χ3n) is 5.79. The fourth-order valence-electron chi connectivity index (χ4n) is 4.11. The van der Waals surface area contributed by atoms with Crippen LogP contribution in [0.5, 0.6) is 0 Å². The zero-order valence-electron chi connectivity index (χ0n) is 19.6. The van der Waals surface area contributed by atoms with Crippen LogP contribution in [0.1, 0.15) is 41.9 Å². The van der Waals surface area contributed by atoms with Gasteiger partial charge in [0.2, 0.25) is 0 Å². The van der Waals surface area contributed by atoms with Gasteiger partial charge in [0.15, 0.2) is 0 Å². The van der Waals surface area contributed by atoms with Gasteiger partial charge in [0.1, 0.15) is 5.82 Å². The lowest BCUT2D eigenvalue weighted by atomic mass is 10.00. The first-order valence-corrected chi connectivity index (χ1v) is 11.3. The van der Waals surface area contributed by atoms with Crippen LogP contribution in [-0.2, 0) is 17.8 Å². The Kier molecular flexibility index (Phi) is 8.09. The predicted octanol–water partition coefficient (Wildman–Crippen LogP) is 3.11. The number of imidazole rings is 1. The summed E-state index contributed by atoms with van der Waals surface area (Å²) in [6.45, 7) is 16.5. The Morgan fingerprint density at radius 2 is 1.87 bits per heavy atom. The van der Waals surface area contributed by atoms with Crippen molar-refractivity contribution in [2.24, 2.45) is 0 Å². The van der Waals surface area contributed by atoms with Crippen molar-refractivity contribution in [3.05, 3.63) is 52.6 Å². The van der Waals surface area contributed by atoms with Gasteiger partial charge in [0, 0.05) is 51.2 Å². The lowest BCUT2D eigenvalue weighted by Gasteiger charge is -2.30. The number of urea groups is 1. The minimum absolute atomic E-state index is 0.0412. The highest BCUT2D eigenvalue weighted by Crippen LogP contribution is 2.19. The second-order valence-electron chi connectivity index (χ2n) is 8.83. The minimum Gasteiger partial charge on any atom is -0.379 e. The second-order valence-corrected chi connectivity index (χ2v) is 8.83. The maximum atomic E-state index is 12.9. The topological polar surface area (TPSA) is 62.6 Å². The number of hydrogen-bond donors (Lipinski definition) is 1. The summed E-state index contributed by atoms with van der Waals surface area (Å²) in [5.41, 5.74) is 5.18. The number of aromatic nitrogens is 2. The van der Waals surface area contributed by atoms with Crippen LogP contribution in [0.3, 0.4) is 0 Å². The Balaban J connectivity index is 1.73. The van der Waals surface area contributed by atoms with Gasteiger partial charge in [-0.2, -0.15) is 0 Å². The molecule has 1 aromatic carbocycles. The van der Waals surface area contributed by atoms with Crippen molar-refractivity contribution in [2.75, 3.05) is 39.4 Å². The zero-order valence-corrected chi connectivity index (χ0v) is 19.6. The predicted molar refractivity (Wildman–Crippen MR) is 123 cm³/mol. The van der Waals surface area contributed by atoms with Gasteiger partial charge in [-0.1, -0.05) is 17.7 Å². The largest absolute Gasteiger partial charge is 0.379 e. The van der Waals surface area contributed by atoms with E-state index in [9.17, 15) is 4.79 Å². The van der Waals surface area contributed by atoms with Crippen LogP contribution in [0.25, 0.3) is 0 Å². The molecule has 3 rings (SSSR count). The summed E-state index contributed by atoms with van der Waals surface area (Å²) in [5.74, 6) is 0.903.